The smallest absolute Gasteiger partial charge is 0.125 e. The fourth-order valence-electron chi connectivity index (χ4n) is 10.7. The van der Waals surface area contributed by atoms with Gasteiger partial charge in [0.25, 0.3) is 0 Å². The fraction of sp³-hybridized carbons (Fsp3) is 0.480. The number of rotatable bonds is 6. The van der Waals surface area contributed by atoms with Crippen molar-refractivity contribution < 1.29 is 0 Å². The predicted octanol–water partition coefficient (Wildman–Crippen LogP) is 15.0. The van der Waals surface area contributed by atoms with Gasteiger partial charge in [-0.25, -0.2) is 0 Å². The van der Waals surface area contributed by atoms with Crippen molar-refractivity contribution >= 4 is 59.2 Å². The second-order valence-corrected chi connectivity index (χ2v) is 28.8. The van der Waals surface area contributed by atoms with Crippen LogP contribution in [0.5, 0.6) is 0 Å². The molecule has 0 N–H and O–H groups in total. The lowest BCUT2D eigenvalue weighted by Gasteiger charge is -2.45. The van der Waals surface area contributed by atoms with Gasteiger partial charge in [0, 0.05) is 11.1 Å². The summed E-state index contributed by atoms with van der Waals surface area (Å²) in [4.78, 5) is 0. The van der Waals surface area contributed by atoms with E-state index in [0.717, 1.165) is 11.1 Å². The van der Waals surface area contributed by atoms with Crippen LogP contribution in [-0.4, -0.2) is 16.1 Å². The summed E-state index contributed by atoms with van der Waals surface area (Å²) < 4.78 is 0. The Hall–Kier alpha value is -3.31. The van der Waals surface area contributed by atoms with Gasteiger partial charge in [-0.05, 0) is 151 Å². The number of benzene rings is 5. The Balaban J connectivity index is 1.66. The molecule has 0 unspecified atom stereocenters. The van der Waals surface area contributed by atoms with Crippen LogP contribution in [0.3, 0.4) is 0 Å². The van der Waals surface area contributed by atoms with Crippen molar-refractivity contribution in [3.05, 3.63) is 81.9 Å². The zero-order chi connectivity index (χ0) is 37.3. The minimum Gasteiger partial charge on any atom is -0.125 e. The molecule has 0 aliphatic heterocycles. The Labute approximate surface area is 317 Å². The molecule has 270 valence electrons. The zero-order valence-corrected chi connectivity index (χ0v) is 36.3. The fourth-order valence-corrected chi connectivity index (χ4v) is 22.1. The van der Waals surface area contributed by atoms with Crippen molar-refractivity contribution in [2.24, 2.45) is 0 Å². The summed E-state index contributed by atoms with van der Waals surface area (Å²) in [5.74, 6) is 8.22. The quantitative estimate of drug-likeness (QED) is 0.0931. The maximum Gasteiger partial charge on any atom is 0.147 e. The average molecular weight is 719 g/mol. The molecule has 52 heavy (non-hydrogen) atoms. The summed E-state index contributed by atoms with van der Waals surface area (Å²) in [5, 5.41) is 10.4. The van der Waals surface area contributed by atoms with Gasteiger partial charge in [-0.1, -0.05) is 130 Å². The first-order valence-corrected chi connectivity index (χ1v) is 25.1. The van der Waals surface area contributed by atoms with E-state index in [1.807, 2.05) is 0 Å². The Morgan fingerprint density at radius 1 is 0.423 bits per heavy atom. The molecule has 2 fully saturated rings. The summed E-state index contributed by atoms with van der Waals surface area (Å²) in [7, 11) is -3.87. The summed E-state index contributed by atoms with van der Waals surface area (Å²) in [6.45, 7) is 28.8. The summed E-state index contributed by atoms with van der Waals surface area (Å²) >= 11 is 0. The molecule has 0 atom stereocenters. The molecular weight excluding hydrogens is 657 g/mol. The van der Waals surface area contributed by atoms with Crippen molar-refractivity contribution in [2.75, 3.05) is 0 Å². The van der Waals surface area contributed by atoms with Crippen LogP contribution in [0.4, 0.5) is 0 Å². The van der Waals surface area contributed by atoms with Gasteiger partial charge >= 0.3 is 0 Å². The van der Waals surface area contributed by atoms with Crippen LogP contribution in [0.2, 0.25) is 33.2 Å². The maximum absolute atomic E-state index is 4.27. The highest BCUT2D eigenvalue weighted by atomic mass is 28.3. The van der Waals surface area contributed by atoms with Crippen LogP contribution in [0.1, 0.15) is 127 Å². The normalized spacial score (nSPS) is 15.8. The molecule has 0 nitrogen and oxygen atoms in total. The third-order valence-electron chi connectivity index (χ3n) is 14.4. The molecule has 2 aliphatic rings. The first kappa shape index (κ1) is 37.0. The molecule has 7 rings (SSSR count). The number of aryl methyl sites for hydroxylation is 4. The van der Waals surface area contributed by atoms with Crippen molar-refractivity contribution in [1.29, 1.82) is 0 Å². The highest BCUT2D eigenvalue weighted by Crippen LogP contribution is 2.52. The topological polar surface area (TPSA) is 0 Å². The molecule has 5 aromatic rings. The highest BCUT2D eigenvalue weighted by molar-refractivity contribution is 6.91. The summed E-state index contributed by atoms with van der Waals surface area (Å²) in [6.07, 6.45) is 8.17. The Bertz CT molecular complexity index is 2050. The molecule has 0 saturated heterocycles. The molecular formula is C50H62Si2. The van der Waals surface area contributed by atoms with Crippen LogP contribution in [0.25, 0.3) is 43.1 Å². The van der Waals surface area contributed by atoms with E-state index in [0.29, 0.717) is 22.2 Å². The third-order valence-corrected chi connectivity index (χ3v) is 27.1. The molecule has 5 aromatic carbocycles. The third kappa shape index (κ3) is 5.89. The van der Waals surface area contributed by atoms with Gasteiger partial charge in [0.1, 0.15) is 16.1 Å². The van der Waals surface area contributed by atoms with Crippen LogP contribution < -0.4 is 0 Å². The number of hydrogen-bond acceptors (Lipinski definition) is 0. The molecule has 2 aliphatic carbocycles. The zero-order valence-electron chi connectivity index (χ0n) is 34.3. The van der Waals surface area contributed by atoms with Crippen LogP contribution in [0, 0.1) is 50.6 Å². The van der Waals surface area contributed by atoms with Gasteiger partial charge in [0.05, 0.1) is 0 Å². The van der Waals surface area contributed by atoms with Gasteiger partial charge in [0.15, 0.2) is 0 Å². The second kappa shape index (κ2) is 13.8. The first-order chi connectivity index (χ1) is 24.7. The standard InChI is InChI=1S/C50H62Si2/c1-31(2)51(32(3)4,43-15-13-16-43)21-19-45-47-27-39-23-35(9)37(11)25-41(39)29-49(47)46(20-22-52(33(5)6,34(7)8)44-17-14-18-44)50-30-42-26-38(12)36(10)24-40(42)28-48(45)50/h23-34,43-44H,13-18H2,1-12H3. The van der Waals surface area contributed by atoms with E-state index in [-0.39, 0.29) is 0 Å². The Morgan fingerprint density at radius 2 is 0.673 bits per heavy atom. The molecule has 0 heterocycles. The summed E-state index contributed by atoms with van der Waals surface area (Å²) in [5.41, 5.74) is 20.5. The molecule has 2 heteroatoms. The first-order valence-electron chi connectivity index (χ1n) is 20.6. The minimum atomic E-state index is -1.94. The lowest BCUT2D eigenvalue weighted by molar-refractivity contribution is 0.476. The van der Waals surface area contributed by atoms with Gasteiger partial charge in [-0.2, -0.15) is 0 Å². The van der Waals surface area contributed by atoms with E-state index in [4.69, 9.17) is 0 Å². The lowest BCUT2D eigenvalue weighted by Crippen LogP contribution is -2.47. The van der Waals surface area contributed by atoms with Crippen LogP contribution >= 0.6 is 0 Å². The van der Waals surface area contributed by atoms with E-state index in [2.05, 4.69) is 155 Å². The van der Waals surface area contributed by atoms with E-state index in [1.54, 1.807) is 0 Å². The van der Waals surface area contributed by atoms with Crippen molar-refractivity contribution in [2.45, 2.75) is 155 Å². The largest absolute Gasteiger partial charge is 0.147 e. The highest BCUT2D eigenvalue weighted by Gasteiger charge is 2.49. The van der Waals surface area contributed by atoms with Crippen LogP contribution in [0.15, 0.2) is 48.5 Å². The van der Waals surface area contributed by atoms with Crippen molar-refractivity contribution in [3.63, 3.8) is 0 Å². The minimum absolute atomic E-state index is 0.627. The number of fused-ring (bicyclic) bond motifs is 4. The second-order valence-electron chi connectivity index (χ2n) is 18.4. The van der Waals surface area contributed by atoms with Gasteiger partial charge in [0.2, 0.25) is 0 Å². The van der Waals surface area contributed by atoms with Gasteiger partial charge < -0.3 is 0 Å². The van der Waals surface area contributed by atoms with Crippen molar-refractivity contribution in [3.8, 4) is 22.9 Å². The van der Waals surface area contributed by atoms with E-state index in [9.17, 15) is 0 Å². The molecule has 0 bridgehead atoms. The molecule has 0 amide bonds. The average Bonchev–Trinajstić information content (AvgIpc) is 3.02. The number of hydrogen-bond donors (Lipinski definition) is 0. The monoisotopic (exact) mass is 718 g/mol. The molecule has 2 saturated carbocycles. The van der Waals surface area contributed by atoms with Gasteiger partial charge in [-0.3, -0.25) is 0 Å². The SMILES string of the molecule is Cc1cc2cc3c(C#C[Si](C(C)C)(C(C)C)C4CCC4)c4cc5cc(C)c(C)cc5cc4c(C#C[Si](C(C)C)(C(C)C)C4CCC4)c3cc2cc1C. The Kier molecular flexibility index (Phi) is 9.85. The molecule has 0 aromatic heterocycles. The summed E-state index contributed by atoms with van der Waals surface area (Å²) in [6, 6.07) is 19.5. The maximum atomic E-state index is 4.27. The molecule has 0 radical (unpaired) electrons. The Morgan fingerprint density at radius 3 is 0.865 bits per heavy atom. The van der Waals surface area contributed by atoms with E-state index < -0.39 is 16.1 Å². The van der Waals surface area contributed by atoms with E-state index >= 15 is 0 Å². The predicted molar refractivity (Wildman–Crippen MR) is 236 cm³/mol. The van der Waals surface area contributed by atoms with Crippen LogP contribution in [-0.2, 0) is 0 Å². The van der Waals surface area contributed by atoms with Crippen molar-refractivity contribution in [1.82, 2.24) is 0 Å². The van der Waals surface area contributed by atoms with E-state index in [1.165, 1.54) is 115 Å². The molecule has 0 spiro atoms. The lowest BCUT2D eigenvalue weighted by atomic mass is 9.88. The van der Waals surface area contributed by atoms with Gasteiger partial charge in [-0.15, -0.1) is 11.1 Å².